The summed E-state index contributed by atoms with van der Waals surface area (Å²) in [5.74, 6) is -1.93. The molecule has 54 heavy (non-hydrogen) atoms. The quantitative estimate of drug-likeness (QED) is 0.0194. The van der Waals surface area contributed by atoms with E-state index in [4.69, 9.17) is 18.9 Å². The van der Waals surface area contributed by atoms with E-state index in [0.29, 0.717) is 28.5 Å². The molecule has 0 bridgehead atoms. The van der Waals surface area contributed by atoms with E-state index in [1.165, 1.54) is 56.7 Å². The predicted octanol–water partition coefficient (Wildman–Crippen LogP) is 10.8. The van der Waals surface area contributed by atoms with Crippen molar-refractivity contribution < 1.29 is 47.2 Å². The van der Waals surface area contributed by atoms with Crippen LogP contribution >= 0.6 is 0 Å². The van der Waals surface area contributed by atoms with Crippen molar-refractivity contribution in [3.63, 3.8) is 0 Å². The van der Waals surface area contributed by atoms with E-state index in [9.17, 15) is 28.5 Å². The van der Waals surface area contributed by atoms with Crippen LogP contribution in [0.25, 0.3) is 6.08 Å². The lowest BCUT2D eigenvalue weighted by molar-refractivity contribution is -0.763. The lowest BCUT2D eigenvalue weighted by Crippen LogP contribution is -2.23. The first kappa shape index (κ1) is 46.5. The number of nitrogens with zero attached hydrogens (tertiary/aromatic N) is 1. The second-order valence-electron chi connectivity index (χ2n) is 11.5. The van der Waals surface area contributed by atoms with E-state index in [-0.39, 0.29) is 24.6 Å². The number of benzene rings is 3. The topological polar surface area (TPSA) is 123 Å². The molecule has 3 aromatic carbocycles. The van der Waals surface area contributed by atoms with Crippen molar-refractivity contribution in [1.82, 2.24) is 0 Å². The first-order valence-corrected chi connectivity index (χ1v) is 18.0. The molecular weight excluding hydrogens is 700 g/mol. The SMILES string of the molecule is C/C=C\CCCC.CC.COc1cc(/C=C/C(=O)Oc2cccc(CO[N+](=O)[O-])c2)ccc1OC=O.FC(F)(/C=C/C1CCCC1)COc1ccccc1. The van der Waals surface area contributed by atoms with Crippen LogP contribution in [0.5, 0.6) is 23.0 Å². The van der Waals surface area contributed by atoms with Gasteiger partial charge in [0.05, 0.1) is 7.11 Å². The molecule has 1 aliphatic rings. The van der Waals surface area contributed by atoms with Crippen LogP contribution in [0.1, 0.15) is 83.8 Å². The van der Waals surface area contributed by atoms with Crippen molar-refractivity contribution in [1.29, 1.82) is 0 Å². The fourth-order valence-corrected chi connectivity index (χ4v) is 4.74. The monoisotopic (exact) mass is 753 g/mol. The van der Waals surface area contributed by atoms with Gasteiger partial charge in [0.25, 0.3) is 17.5 Å². The number of methoxy groups -OCH3 is 1. The molecule has 0 N–H and O–H groups in total. The van der Waals surface area contributed by atoms with Crippen molar-refractivity contribution in [3.05, 3.63) is 124 Å². The minimum atomic E-state index is -2.89. The first-order chi connectivity index (χ1) is 26.1. The smallest absolute Gasteiger partial charge is 0.336 e. The van der Waals surface area contributed by atoms with Crippen LogP contribution in [0.3, 0.4) is 0 Å². The fourth-order valence-electron chi connectivity index (χ4n) is 4.74. The summed E-state index contributed by atoms with van der Waals surface area (Å²) in [5, 5.41) is 9.31. The van der Waals surface area contributed by atoms with E-state index in [2.05, 4.69) is 30.8 Å². The Morgan fingerprint density at radius 3 is 2.31 bits per heavy atom. The number of ether oxygens (including phenoxy) is 4. The van der Waals surface area contributed by atoms with Crippen molar-refractivity contribution in [2.45, 2.75) is 85.2 Å². The minimum Gasteiger partial charge on any atom is -0.493 e. The number of carbonyl (C=O) groups excluding carboxylic acids is 2. The number of rotatable bonds is 17. The molecule has 1 fully saturated rings. The van der Waals surface area contributed by atoms with Gasteiger partial charge in [-0.3, -0.25) is 4.79 Å². The van der Waals surface area contributed by atoms with Gasteiger partial charge in [0.1, 0.15) is 18.1 Å². The van der Waals surface area contributed by atoms with Gasteiger partial charge in [-0.25, -0.2) is 4.79 Å². The van der Waals surface area contributed by atoms with Gasteiger partial charge in [-0.1, -0.05) is 101 Å². The Kier molecular flexibility index (Phi) is 24.1. The van der Waals surface area contributed by atoms with Gasteiger partial charge in [0.15, 0.2) is 18.1 Å². The molecule has 0 amide bonds. The number of para-hydroxylation sites is 1. The third-order valence-corrected chi connectivity index (χ3v) is 7.37. The van der Waals surface area contributed by atoms with Crippen LogP contribution in [-0.4, -0.2) is 37.2 Å². The van der Waals surface area contributed by atoms with Crippen molar-refractivity contribution in [2.75, 3.05) is 13.7 Å². The number of hydrogen-bond donors (Lipinski definition) is 0. The van der Waals surface area contributed by atoms with Crippen LogP contribution in [0, 0.1) is 16.0 Å². The van der Waals surface area contributed by atoms with Gasteiger partial charge in [-0.15, -0.1) is 10.1 Å². The maximum atomic E-state index is 13.6. The molecule has 0 saturated heterocycles. The average Bonchev–Trinajstić information content (AvgIpc) is 3.72. The molecular formula is C42H53F2NO9. The first-order valence-electron chi connectivity index (χ1n) is 18.0. The fraction of sp³-hybridized carbons (Fsp3) is 0.381. The molecule has 0 atom stereocenters. The summed E-state index contributed by atoms with van der Waals surface area (Å²) in [7, 11) is 1.42. The summed E-state index contributed by atoms with van der Waals surface area (Å²) in [4.78, 5) is 36.8. The van der Waals surface area contributed by atoms with E-state index < -0.39 is 23.6 Å². The van der Waals surface area contributed by atoms with Gasteiger partial charge in [0.2, 0.25) is 0 Å². The van der Waals surface area contributed by atoms with Gasteiger partial charge >= 0.3 is 5.97 Å². The van der Waals surface area contributed by atoms with Crippen molar-refractivity contribution >= 4 is 18.5 Å². The summed E-state index contributed by atoms with van der Waals surface area (Å²) in [6.45, 7) is 7.72. The normalized spacial score (nSPS) is 12.4. The van der Waals surface area contributed by atoms with Gasteiger partial charge < -0.3 is 23.8 Å². The third-order valence-electron chi connectivity index (χ3n) is 7.37. The number of esters is 1. The Bertz CT molecular complexity index is 1590. The summed E-state index contributed by atoms with van der Waals surface area (Å²) in [6.07, 6.45) is 18.0. The van der Waals surface area contributed by atoms with E-state index >= 15 is 0 Å². The summed E-state index contributed by atoms with van der Waals surface area (Å²) in [5.41, 5.74) is 1.10. The van der Waals surface area contributed by atoms with E-state index in [0.717, 1.165) is 31.8 Å². The Balaban J connectivity index is 0.000000462. The maximum Gasteiger partial charge on any atom is 0.336 e. The number of allylic oxidation sites excluding steroid dienone is 3. The molecule has 0 radical (unpaired) electrons. The maximum absolute atomic E-state index is 13.6. The standard InChI is InChI=1S/C18H15NO8.C15H18F2O.C7H14.C2H6/c1-24-17-10-13(5-7-16(17)25-12-20)6-8-18(21)27-15-4-2-3-14(9-15)11-26-19(22)23;16-15(17,11-10-13-6-4-5-7-13)12-18-14-8-2-1-3-9-14;1-3-5-7-6-4-2;1-2/h2-10,12H,11H2,1H3;1-3,8-11,13H,4-7,12H2;3,5H,4,6-7H2,1-2H3;1-2H3/b8-6+;11-10+;5-3-;. The highest BCUT2D eigenvalue weighted by Gasteiger charge is 2.27. The lowest BCUT2D eigenvalue weighted by Gasteiger charge is -2.14. The van der Waals surface area contributed by atoms with Gasteiger partial charge in [0, 0.05) is 6.08 Å². The molecule has 0 spiro atoms. The molecule has 10 nitrogen and oxygen atoms in total. The van der Waals surface area contributed by atoms with Gasteiger partial charge in [-0.05, 0) is 91.8 Å². The number of halogens is 2. The van der Waals surface area contributed by atoms with Crippen molar-refractivity contribution in [2.24, 2.45) is 5.92 Å². The highest BCUT2D eigenvalue weighted by molar-refractivity contribution is 5.88. The van der Waals surface area contributed by atoms with Crippen molar-refractivity contribution in [3.8, 4) is 23.0 Å². The second kappa shape index (κ2) is 28.0. The lowest BCUT2D eigenvalue weighted by atomic mass is 10.1. The largest absolute Gasteiger partial charge is 0.493 e. The zero-order valence-electron chi connectivity index (χ0n) is 31.8. The average molecular weight is 754 g/mol. The number of unbranched alkanes of at least 4 members (excludes halogenated alkanes) is 2. The molecule has 294 valence electrons. The number of hydrogen-bond acceptors (Lipinski definition) is 9. The molecule has 0 unspecified atom stereocenters. The molecule has 1 saturated carbocycles. The number of carbonyl (C=O) groups is 2. The Morgan fingerprint density at radius 2 is 1.69 bits per heavy atom. The van der Waals surface area contributed by atoms with Gasteiger partial charge in [-0.2, -0.15) is 8.78 Å². The third kappa shape index (κ3) is 21.1. The number of alkyl halides is 2. The highest BCUT2D eigenvalue weighted by atomic mass is 19.3. The minimum absolute atomic E-state index is 0.224. The van der Waals surface area contributed by atoms with Crippen LogP contribution in [-0.2, 0) is 21.0 Å². The van der Waals surface area contributed by atoms with E-state index in [1.807, 2.05) is 19.9 Å². The van der Waals surface area contributed by atoms with Crippen LogP contribution in [0.15, 0.2) is 103 Å². The zero-order chi connectivity index (χ0) is 40.0. The predicted molar refractivity (Wildman–Crippen MR) is 206 cm³/mol. The van der Waals surface area contributed by atoms with Crippen LogP contribution in [0.4, 0.5) is 8.78 Å². The summed E-state index contributed by atoms with van der Waals surface area (Å²) >= 11 is 0. The molecule has 0 heterocycles. The highest BCUT2D eigenvalue weighted by Crippen LogP contribution is 2.29. The second-order valence-corrected chi connectivity index (χ2v) is 11.5. The summed E-state index contributed by atoms with van der Waals surface area (Å²) < 4.78 is 47.2. The molecule has 0 aliphatic heterocycles. The Morgan fingerprint density at radius 1 is 0.981 bits per heavy atom. The molecule has 1 aliphatic carbocycles. The van der Waals surface area contributed by atoms with Crippen LogP contribution < -0.4 is 18.9 Å². The summed E-state index contributed by atoms with van der Waals surface area (Å²) in [6, 6.07) is 19.6. The zero-order valence-corrected chi connectivity index (χ0v) is 31.8. The molecule has 4 rings (SSSR count). The molecule has 0 aromatic heterocycles. The molecule has 3 aromatic rings. The Hall–Kier alpha value is -5.52. The Labute approximate surface area is 317 Å². The van der Waals surface area contributed by atoms with E-state index in [1.54, 1.807) is 54.6 Å². The van der Waals surface area contributed by atoms with Crippen LogP contribution in [0.2, 0.25) is 0 Å². The molecule has 12 heteroatoms.